The molecule has 1 unspecified atom stereocenters. The number of nitrogens with zero attached hydrogens (tertiary/aromatic N) is 2. The lowest BCUT2D eigenvalue weighted by Crippen LogP contribution is -2.30. The van der Waals surface area contributed by atoms with Crippen molar-refractivity contribution in [1.82, 2.24) is 0 Å². The van der Waals surface area contributed by atoms with Gasteiger partial charge in [-0.2, -0.15) is 5.26 Å². The smallest absolute Gasteiger partial charge is 0.351 e. The van der Waals surface area contributed by atoms with Gasteiger partial charge in [-0.25, -0.2) is 4.79 Å². The van der Waals surface area contributed by atoms with Crippen molar-refractivity contribution in [3.8, 4) is 6.07 Å². The number of carbonyl (C=O) groups is 2. The first-order chi connectivity index (χ1) is 13.5. The second-order valence-electron chi connectivity index (χ2n) is 5.96. The first kappa shape index (κ1) is 20.2. The number of ether oxygens (including phenoxy) is 1. The van der Waals surface area contributed by atoms with Crippen molar-refractivity contribution in [3.63, 3.8) is 0 Å². The first-order valence-corrected chi connectivity index (χ1v) is 10.3. The molecule has 0 aromatic heterocycles. The Hall–Kier alpha value is -2.56. The molecule has 1 amide bonds. The van der Waals surface area contributed by atoms with E-state index >= 15 is 0 Å². The fraction of sp³-hybridized carbons (Fsp3) is 0.190. The molecule has 0 radical (unpaired) electrons. The minimum absolute atomic E-state index is 0.154. The van der Waals surface area contributed by atoms with Gasteiger partial charge in [-0.15, -0.1) is 0 Å². The number of hydrogen-bond donors (Lipinski definition) is 0. The summed E-state index contributed by atoms with van der Waals surface area (Å²) in [5.74, 6) is -0.883. The molecule has 0 saturated carbocycles. The van der Waals surface area contributed by atoms with Crippen molar-refractivity contribution in [2.24, 2.45) is 0 Å². The number of benzene rings is 2. The Bertz CT molecular complexity index is 952. The van der Waals surface area contributed by atoms with Crippen LogP contribution in [0, 0.1) is 11.3 Å². The molecule has 0 bridgehead atoms. The maximum atomic E-state index is 13.2. The van der Waals surface area contributed by atoms with Gasteiger partial charge in [0.1, 0.15) is 11.1 Å². The number of esters is 1. The maximum Gasteiger partial charge on any atom is 0.351 e. The molecule has 5 nitrogen and oxygen atoms in total. The van der Waals surface area contributed by atoms with Gasteiger partial charge in [0.2, 0.25) is 5.91 Å². The predicted molar refractivity (Wildman–Crippen MR) is 112 cm³/mol. The third kappa shape index (κ3) is 4.29. The number of nitriles is 1. The number of thioether (sulfide) groups is 1. The van der Waals surface area contributed by atoms with Gasteiger partial charge in [-0.3, -0.25) is 9.69 Å². The van der Waals surface area contributed by atoms with E-state index in [4.69, 9.17) is 4.74 Å². The summed E-state index contributed by atoms with van der Waals surface area (Å²) in [6, 6.07) is 18.8. The van der Waals surface area contributed by atoms with Crippen LogP contribution in [0.2, 0.25) is 0 Å². The third-order valence-electron chi connectivity index (χ3n) is 4.11. The summed E-state index contributed by atoms with van der Waals surface area (Å²) in [5, 5.41) is 9.47. The van der Waals surface area contributed by atoms with E-state index in [1.165, 1.54) is 16.7 Å². The van der Waals surface area contributed by atoms with Crippen molar-refractivity contribution >= 4 is 45.3 Å². The Morgan fingerprint density at radius 3 is 2.50 bits per heavy atom. The van der Waals surface area contributed by atoms with Crippen LogP contribution in [0.25, 0.3) is 0 Å². The number of carbonyl (C=O) groups excluding carboxylic acids is 2. The molecule has 28 heavy (non-hydrogen) atoms. The molecular formula is C21H17BrN2O3S. The van der Waals surface area contributed by atoms with E-state index in [-0.39, 0.29) is 18.1 Å². The van der Waals surface area contributed by atoms with Gasteiger partial charge in [0.05, 0.1) is 11.9 Å². The van der Waals surface area contributed by atoms with Crippen LogP contribution in [-0.4, -0.2) is 23.7 Å². The van der Waals surface area contributed by atoms with Crippen LogP contribution in [0.4, 0.5) is 5.69 Å². The number of halogens is 1. The molecular weight excluding hydrogens is 440 g/mol. The summed E-state index contributed by atoms with van der Waals surface area (Å²) in [6.45, 7) is 1.83. The molecule has 1 aliphatic rings. The van der Waals surface area contributed by atoms with E-state index in [1.807, 2.05) is 48.5 Å². The van der Waals surface area contributed by atoms with Gasteiger partial charge in [-0.05, 0) is 43.2 Å². The summed E-state index contributed by atoms with van der Waals surface area (Å²) >= 11 is 4.61. The molecule has 3 rings (SSSR count). The molecule has 0 aliphatic carbocycles. The van der Waals surface area contributed by atoms with Gasteiger partial charge in [0.15, 0.2) is 5.57 Å². The van der Waals surface area contributed by atoms with Crippen LogP contribution >= 0.6 is 27.7 Å². The van der Waals surface area contributed by atoms with E-state index in [0.717, 1.165) is 10.0 Å². The highest BCUT2D eigenvalue weighted by molar-refractivity contribution is 9.10. The lowest BCUT2D eigenvalue weighted by molar-refractivity contribution is -0.138. The Labute approximate surface area is 176 Å². The quantitative estimate of drug-likeness (QED) is 0.377. The molecule has 1 aliphatic heterocycles. The highest BCUT2D eigenvalue weighted by Gasteiger charge is 2.41. The molecule has 7 heteroatoms. The van der Waals surface area contributed by atoms with Crippen LogP contribution in [0.1, 0.15) is 12.5 Å². The molecule has 1 saturated heterocycles. The van der Waals surface area contributed by atoms with Gasteiger partial charge in [-0.1, -0.05) is 58.0 Å². The van der Waals surface area contributed by atoms with Crippen LogP contribution < -0.4 is 4.90 Å². The third-order valence-corrected chi connectivity index (χ3v) is 5.90. The summed E-state index contributed by atoms with van der Waals surface area (Å²) in [6.07, 6.45) is 0.502. The van der Waals surface area contributed by atoms with Crippen LogP contribution in [-0.2, 0) is 20.7 Å². The Balaban J connectivity index is 2.03. The fourth-order valence-electron chi connectivity index (χ4n) is 2.83. The average molecular weight is 457 g/mol. The van der Waals surface area contributed by atoms with Crippen molar-refractivity contribution in [3.05, 3.63) is 75.2 Å². The van der Waals surface area contributed by atoms with Crippen molar-refractivity contribution in [2.45, 2.75) is 18.6 Å². The SMILES string of the molecule is CCOC(=O)/C(C#N)=C1\SC(Cc2ccccc2)C(=O)N1c1ccc(Br)cc1. The minimum Gasteiger partial charge on any atom is -0.462 e. The summed E-state index contributed by atoms with van der Waals surface area (Å²) in [7, 11) is 0. The summed E-state index contributed by atoms with van der Waals surface area (Å²) in [5.41, 5.74) is 1.46. The zero-order valence-electron chi connectivity index (χ0n) is 15.1. The molecule has 0 N–H and O–H groups in total. The van der Waals surface area contributed by atoms with Crippen molar-refractivity contribution in [2.75, 3.05) is 11.5 Å². The minimum atomic E-state index is -0.720. The normalized spacial score (nSPS) is 18.0. The van der Waals surface area contributed by atoms with Gasteiger partial charge < -0.3 is 4.74 Å². The Kier molecular flexibility index (Phi) is 6.55. The summed E-state index contributed by atoms with van der Waals surface area (Å²) < 4.78 is 5.89. The number of amides is 1. The Morgan fingerprint density at radius 2 is 1.89 bits per heavy atom. The largest absolute Gasteiger partial charge is 0.462 e. The number of anilines is 1. The summed E-state index contributed by atoms with van der Waals surface area (Å²) in [4.78, 5) is 27.0. The predicted octanol–water partition coefficient (Wildman–Crippen LogP) is 4.44. The fourth-order valence-corrected chi connectivity index (χ4v) is 4.39. The van der Waals surface area contributed by atoms with E-state index in [2.05, 4.69) is 15.9 Å². The monoisotopic (exact) mass is 456 g/mol. The second kappa shape index (κ2) is 9.09. The highest BCUT2D eigenvalue weighted by Crippen LogP contribution is 2.42. The van der Waals surface area contributed by atoms with Crippen molar-refractivity contribution < 1.29 is 14.3 Å². The topological polar surface area (TPSA) is 70.4 Å². The van der Waals surface area contributed by atoms with Crippen LogP contribution in [0.15, 0.2) is 69.7 Å². The Morgan fingerprint density at radius 1 is 1.21 bits per heavy atom. The molecule has 2 aromatic rings. The first-order valence-electron chi connectivity index (χ1n) is 8.66. The van der Waals surface area contributed by atoms with Gasteiger partial charge >= 0.3 is 5.97 Å². The highest BCUT2D eigenvalue weighted by atomic mass is 79.9. The zero-order chi connectivity index (χ0) is 20.1. The molecule has 0 spiro atoms. The zero-order valence-corrected chi connectivity index (χ0v) is 17.5. The van der Waals surface area contributed by atoms with Crippen LogP contribution in [0.3, 0.4) is 0 Å². The van der Waals surface area contributed by atoms with E-state index in [9.17, 15) is 14.9 Å². The van der Waals surface area contributed by atoms with E-state index < -0.39 is 11.2 Å². The van der Waals surface area contributed by atoms with E-state index in [0.29, 0.717) is 17.1 Å². The average Bonchev–Trinajstić information content (AvgIpc) is 3.00. The lowest BCUT2D eigenvalue weighted by Gasteiger charge is -2.18. The number of hydrogen-bond acceptors (Lipinski definition) is 5. The van der Waals surface area contributed by atoms with Gasteiger partial charge in [0.25, 0.3) is 0 Å². The standard InChI is InChI=1S/C21H17BrN2O3S/c1-2-27-21(26)17(13-23)20-24(16-10-8-15(22)9-11-16)19(25)18(28-20)12-14-6-4-3-5-7-14/h3-11,18H,2,12H2,1H3/b20-17-. The maximum absolute atomic E-state index is 13.2. The second-order valence-corrected chi connectivity index (χ2v) is 8.07. The van der Waals surface area contributed by atoms with Crippen LogP contribution in [0.5, 0.6) is 0 Å². The van der Waals surface area contributed by atoms with Crippen molar-refractivity contribution in [1.29, 1.82) is 5.26 Å². The van der Waals surface area contributed by atoms with Gasteiger partial charge in [0, 0.05) is 10.2 Å². The molecule has 1 atom stereocenters. The molecule has 1 fully saturated rings. The molecule has 2 aromatic carbocycles. The lowest BCUT2D eigenvalue weighted by atomic mass is 10.1. The molecule has 1 heterocycles. The van der Waals surface area contributed by atoms with E-state index in [1.54, 1.807) is 19.1 Å². The number of rotatable bonds is 5. The molecule has 142 valence electrons.